The minimum absolute atomic E-state index is 0.0444. The van der Waals surface area contributed by atoms with Crippen molar-refractivity contribution in [1.29, 1.82) is 0 Å². The summed E-state index contributed by atoms with van der Waals surface area (Å²) in [7, 11) is 0. The highest BCUT2D eigenvalue weighted by Gasteiger charge is 2.14. The predicted octanol–water partition coefficient (Wildman–Crippen LogP) is 5.20. The number of para-hydroxylation sites is 1. The molecule has 2 heterocycles. The quantitative estimate of drug-likeness (QED) is 0.580. The summed E-state index contributed by atoms with van der Waals surface area (Å²) in [4.78, 5) is 20.3. The first-order chi connectivity index (χ1) is 15.1. The Kier molecular flexibility index (Phi) is 6.82. The number of anilines is 2. The van der Waals surface area contributed by atoms with Crippen LogP contribution >= 0.6 is 0 Å². The van der Waals surface area contributed by atoms with Crippen LogP contribution in [0.3, 0.4) is 0 Å². The van der Waals surface area contributed by atoms with Gasteiger partial charge in [0.15, 0.2) is 0 Å². The summed E-state index contributed by atoms with van der Waals surface area (Å²) < 4.78 is 0. The molecule has 0 unspecified atom stereocenters. The summed E-state index contributed by atoms with van der Waals surface area (Å²) in [6, 6.07) is 16.0. The SMILES string of the molecule is Cc1ccc(Nc2cc(C(=O)NCCN3CCCCCC3)c3ccccc3n2)c(C)c1. The first kappa shape index (κ1) is 21.3. The average Bonchev–Trinajstić information content (AvgIpc) is 3.04. The second-order valence-electron chi connectivity index (χ2n) is 8.53. The molecule has 0 atom stereocenters. The molecule has 5 nitrogen and oxygen atoms in total. The van der Waals surface area contributed by atoms with E-state index in [0.29, 0.717) is 17.9 Å². The first-order valence-corrected chi connectivity index (χ1v) is 11.3. The Morgan fingerprint density at radius 3 is 2.55 bits per heavy atom. The molecule has 4 rings (SSSR count). The molecule has 0 saturated carbocycles. The highest BCUT2D eigenvalue weighted by Crippen LogP contribution is 2.25. The van der Waals surface area contributed by atoms with Crippen LogP contribution in [0.2, 0.25) is 0 Å². The largest absolute Gasteiger partial charge is 0.351 e. The molecule has 1 aliphatic rings. The van der Waals surface area contributed by atoms with Crippen molar-refractivity contribution in [1.82, 2.24) is 15.2 Å². The number of aryl methyl sites for hydroxylation is 2. The van der Waals surface area contributed by atoms with Gasteiger partial charge in [0.05, 0.1) is 11.1 Å². The molecule has 0 aliphatic carbocycles. The van der Waals surface area contributed by atoms with Crippen molar-refractivity contribution in [2.24, 2.45) is 0 Å². The van der Waals surface area contributed by atoms with E-state index in [4.69, 9.17) is 4.98 Å². The van der Waals surface area contributed by atoms with Gasteiger partial charge in [-0.05, 0) is 63.5 Å². The average molecular weight is 417 g/mol. The molecule has 1 aromatic heterocycles. The van der Waals surface area contributed by atoms with Crippen molar-refractivity contribution < 1.29 is 4.79 Å². The van der Waals surface area contributed by atoms with Gasteiger partial charge in [0.1, 0.15) is 5.82 Å². The Balaban J connectivity index is 1.52. The summed E-state index contributed by atoms with van der Waals surface area (Å²) in [5.41, 5.74) is 4.85. The molecular formula is C26H32N4O. The molecule has 1 aliphatic heterocycles. The number of amides is 1. The first-order valence-electron chi connectivity index (χ1n) is 11.3. The standard InChI is InChI=1S/C26H32N4O/c1-19-11-12-23(20(2)17-19)28-25-18-22(21-9-5-6-10-24(21)29-25)26(31)27-13-16-30-14-7-3-4-8-15-30/h5-6,9-12,17-18H,3-4,7-8,13-16H2,1-2H3,(H,27,31)(H,28,29). The van der Waals surface area contributed by atoms with Crippen LogP contribution < -0.4 is 10.6 Å². The zero-order valence-corrected chi connectivity index (χ0v) is 18.6. The zero-order valence-electron chi connectivity index (χ0n) is 18.6. The molecule has 2 N–H and O–H groups in total. The fourth-order valence-corrected chi connectivity index (χ4v) is 4.30. The van der Waals surface area contributed by atoms with Crippen LogP contribution in [0.1, 0.15) is 47.2 Å². The molecule has 1 amide bonds. The Morgan fingerprint density at radius 1 is 1.00 bits per heavy atom. The van der Waals surface area contributed by atoms with E-state index in [1.807, 2.05) is 30.3 Å². The predicted molar refractivity (Wildman–Crippen MR) is 128 cm³/mol. The zero-order chi connectivity index (χ0) is 21.6. The number of aromatic nitrogens is 1. The lowest BCUT2D eigenvalue weighted by Crippen LogP contribution is -2.35. The van der Waals surface area contributed by atoms with Gasteiger partial charge in [0, 0.05) is 24.2 Å². The van der Waals surface area contributed by atoms with Crippen molar-refractivity contribution >= 4 is 28.3 Å². The van der Waals surface area contributed by atoms with Crippen LogP contribution in [0.4, 0.5) is 11.5 Å². The van der Waals surface area contributed by atoms with Crippen LogP contribution in [0.25, 0.3) is 10.9 Å². The van der Waals surface area contributed by atoms with E-state index in [1.165, 1.54) is 31.2 Å². The van der Waals surface area contributed by atoms with Crippen LogP contribution in [0, 0.1) is 13.8 Å². The highest BCUT2D eigenvalue weighted by molar-refractivity contribution is 6.07. The van der Waals surface area contributed by atoms with Gasteiger partial charge in [-0.1, -0.05) is 48.7 Å². The van der Waals surface area contributed by atoms with E-state index in [-0.39, 0.29) is 5.91 Å². The summed E-state index contributed by atoms with van der Waals surface area (Å²) in [5, 5.41) is 7.41. The third-order valence-electron chi connectivity index (χ3n) is 6.02. The van der Waals surface area contributed by atoms with Gasteiger partial charge in [-0.2, -0.15) is 0 Å². The number of likely N-dealkylation sites (tertiary alicyclic amines) is 1. The minimum atomic E-state index is -0.0444. The van der Waals surface area contributed by atoms with E-state index in [1.54, 1.807) is 0 Å². The van der Waals surface area contributed by atoms with E-state index in [9.17, 15) is 4.79 Å². The smallest absolute Gasteiger partial charge is 0.252 e. The van der Waals surface area contributed by atoms with Crippen LogP contribution in [0.5, 0.6) is 0 Å². The maximum Gasteiger partial charge on any atom is 0.252 e. The number of nitrogens with zero attached hydrogens (tertiary/aromatic N) is 2. The van der Waals surface area contributed by atoms with Gasteiger partial charge >= 0.3 is 0 Å². The number of carbonyl (C=O) groups excluding carboxylic acids is 1. The topological polar surface area (TPSA) is 57.3 Å². The van der Waals surface area contributed by atoms with Crippen molar-refractivity contribution in [2.45, 2.75) is 39.5 Å². The third-order valence-corrected chi connectivity index (χ3v) is 6.02. The fraction of sp³-hybridized carbons (Fsp3) is 0.385. The second-order valence-corrected chi connectivity index (χ2v) is 8.53. The van der Waals surface area contributed by atoms with Crippen molar-refractivity contribution in [3.63, 3.8) is 0 Å². The van der Waals surface area contributed by atoms with Gasteiger partial charge in [0.25, 0.3) is 5.91 Å². The molecule has 1 saturated heterocycles. The lowest BCUT2D eigenvalue weighted by atomic mass is 10.1. The van der Waals surface area contributed by atoms with E-state index in [0.717, 1.165) is 41.8 Å². The maximum atomic E-state index is 13.1. The minimum Gasteiger partial charge on any atom is -0.351 e. The van der Waals surface area contributed by atoms with Gasteiger partial charge in [-0.25, -0.2) is 4.98 Å². The Bertz CT molecular complexity index is 1050. The molecule has 0 radical (unpaired) electrons. The molecule has 1 fully saturated rings. The van der Waals surface area contributed by atoms with Gasteiger partial charge in [-0.15, -0.1) is 0 Å². The molecule has 162 valence electrons. The molecule has 0 bridgehead atoms. The lowest BCUT2D eigenvalue weighted by Gasteiger charge is -2.20. The maximum absolute atomic E-state index is 13.1. The van der Waals surface area contributed by atoms with Crippen molar-refractivity contribution in [2.75, 3.05) is 31.5 Å². The second kappa shape index (κ2) is 9.92. The van der Waals surface area contributed by atoms with E-state index < -0.39 is 0 Å². The number of fused-ring (bicyclic) bond motifs is 1. The highest BCUT2D eigenvalue weighted by atomic mass is 16.1. The number of hydrogen-bond acceptors (Lipinski definition) is 4. The van der Waals surface area contributed by atoms with Gasteiger partial charge < -0.3 is 15.5 Å². The Hall–Kier alpha value is -2.92. The van der Waals surface area contributed by atoms with Crippen molar-refractivity contribution in [3.05, 3.63) is 65.2 Å². The molecule has 5 heteroatoms. The Morgan fingerprint density at radius 2 is 1.77 bits per heavy atom. The van der Waals surface area contributed by atoms with E-state index >= 15 is 0 Å². The summed E-state index contributed by atoms with van der Waals surface area (Å²) in [5.74, 6) is 0.639. The van der Waals surface area contributed by atoms with Crippen LogP contribution in [-0.4, -0.2) is 42.0 Å². The normalized spacial score (nSPS) is 14.9. The number of hydrogen-bond donors (Lipinski definition) is 2. The number of pyridine rings is 1. The Labute approximate surface area is 184 Å². The summed E-state index contributed by atoms with van der Waals surface area (Å²) in [6.07, 6.45) is 5.16. The third kappa shape index (κ3) is 5.42. The number of nitrogens with one attached hydrogen (secondary N) is 2. The molecule has 0 spiro atoms. The number of carbonyl (C=O) groups is 1. The van der Waals surface area contributed by atoms with Crippen molar-refractivity contribution in [3.8, 4) is 0 Å². The van der Waals surface area contributed by atoms with Crippen LogP contribution in [-0.2, 0) is 0 Å². The number of benzene rings is 2. The summed E-state index contributed by atoms with van der Waals surface area (Å²) in [6.45, 7) is 8.00. The number of rotatable bonds is 6. The van der Waals surface area contributed by atoms with Gasteiger partial charge in [-0.3, -0.25) is 4.79 Å². The summed E-state index contributed by atoms with van der Waals surface area (Å²) >= 11 is 0. The molecule has 31 heavy (non-hydrogen) atoms. The monoisotopic (exact) mass is 416 g/mol. The fourth-order valence-electron chi connectivity index (χ4n) is 4.30. The lowest BCUT2D eigenvalue weighted by molar-refractivity contribution is 0.0950. The molecule has 2 aromatic carbocycles. The van der Waals surface area contributed by atoms with E-state index in [2.05, 4.69) is 47.6 Å². The van der Waals surface area contributed by atoms with Crippen LogP contribution in [0.15, 0.2) is 48.5 Å². The molecular weight excluding hydrogens is 384 g/mol. The van der Waals surface area contributed by atoms with Gasteiger partial charge in [0.2, 0.25) is 0 Å². The molecule has 3 aromatic rings.